The van der Waals surface area contributed by atoms with Crippen molar-refractivity contribution < 1.29 is 9.53 Å². The molecule has 4 heteroatoms. The summed E-state index contributed by atoms with van der Waals surface area (Å²) in [4.78, 5) is 12.0. The van der Waals surface area contributed by atoms with Crippen LogP contribution in [0.2, 0.25) is 0 Å². The van der Waals surface area contributed by atoms with Crippen LogP contribution in [0, 0.1) is 7.14 Å². The smallest absolute Gasteiger partial charge is 0.339 e. The number of carbonyl (C=O) groups excluding carboxylic acids is 1. The molecule has 0 aliphatic carbocycles. The number of carbonyl (C=O) groups is 1. The number of benzene rings is 1. The Morgan fingerprint density at radius 1 is 1.00 bits per heavy atom. The van der Waals surface area contributed by atoms with Crippen LogP contribution in [0.3, 0.4) is 0 Å². The molecule has 1 aromatic rings. The van der Waals surface area contributed by atoms with E-state index in [4.69, 9.17) is 4.74 Å². The lowest BCUT2D eigenvalue weighted by Gasteiger charge is -2.07. The van der Waals surface area contributed by atoms with Gasteiger partial charge in [-0.05, 0) is 69.8 Å². The number of unbranched alkanes of at least 4 members (excludes halogenated alkanes) is 7. The molecule has 0 bridgehead atoms. The van der Waals surface area contributed by atoms with Crippen LogP contribution in [0.5, 0.6) is 0 Å². The molecule has 0 aliphatic rings. The SMILES string of the molecule is CCCCCCCCCCOC(=O)c1cc(I)ccc1I. The van der Waals surface area contributed by atoms with Gasteiger partial charge in [-0.3, -0.25) is 0 Å². The second-order valence-corrected chi connectivity index (χ2v) is 7.64. The first-order valence-corrected chi connectivity index (χ1v) is 9.93. The van der Waals surface area contributed by atoms with Gasteiger partial charge in [0.05, 0.1) is 12.2 Å². The fourth-order valence-corrected chi connectivity index (χ4v) is 3.18. The highest BCUT2D eigenvalue weighted by Gasteiger charge is 2.11. The predicted octanol–water partition coefficient (Wildman–Crippen LogP) is 6.19. The van der Waals surface area contributed by atoms with Crippen LogP contribution in [0.1, 0.15) is 68.6 Å². The van der Waals surface area contributed by atoms with E-state index in [9.17, 15) is 4.79 Å². The number of esters is 1. The summed E-state index contributed by atoms with van der Waals surface area (Å²) in [5.41, 5.74) is 0.682. The van der Waals surface area contributed by atoms with Crippen LogP contribution in [0.25, 0.3) is 0 Å². The number of hydrogen-bond acceptors (Lipinski definition) is 2. The van der Waals surface area contributed by atoms with Gasteiger partial charge in [0.25, 0.3) is 0 Å². The van der Waals surface area contributed by atoms with Crippen LogP contribution in [0.15, 0.2) is 18.2 Å². The van der Waals surface area contributed by atoms with Gasteiger partial charge in [-0.2, -0.15) is 0 Å². The summed E-state index contributed by atoms with van der Waals surface area (Å²) in [7, 11) is 0. The molecule has 0 aliphatic heterocycles. The lowest BCUT2D eigenvalue weighted by molar-refractivity contribution is 0.0496. The molecule has 0 saturated heterocycles. The van der Waals surface area contributed by atoms with Crippen molar-refractivity contribution in [2.75, 3.05) is 6.61 Å². The summed E-state index contributed by atoms with van der Waals surface area (Å²) in [6.07, 6.45) is 10.0. The Morgan fingerprint density at radius 2 is 1.62 bits per heavy atom. The van der Waals surface area contributed by atoms with E-state index < -0.39 is 0 Å². The monoisotopic (exact) mass is 514 g/mol. The second kappa shape index (κ2) is 11.7. The molecule has 0 N–H and O–H groups in total. The Labute approximate surface area is 155 Å². The van der Waals surface area contributed by atoms with Crippen molar-refractivity contribution in [1.29, 1.82) is 0 Å². The Kier molecular flexibility index (Phi) is 10.7. The molecule has 0 saturated carbocycles. The van der Waals surface area contributed by atoms with Crippen molar-refractivity contribution >= 4 is 51.2 Å². The molecule has 0 unspecified atom stereocenters. The number of halogens is 2. The number of ether oxygens (including phenoxy) is 1. The van der Waals surface area contributed by atoms with Gasteiger partial charge in [0.15, 0.2) is 0 Å². The Morgan fingerprint density at radius 3 is 2.29 bits per heavy atom. The van der Waals surface area contributed by atoms with E-state index in [2.05, 4.69) is 52.1 Å². The minimum absolute atomic E-state index is 0.194. The molecular weight excluding hydrogens is 490 g/mol. The molecule has 0 atom stereocenters. The molecule has 1 aromatic carbocycles. The van der Waals surface area contributed by atoms with Crippen molar-refractivity contribution in [2.24, 2.45) is 0 Å². The third-order valence-electron chi connectivity index (χ3n) is 3.38. The maximum absolute atomic E-state index is 12.0. The predicted molar refractivity (Wildman–Crippen MR) is 105 cm³/mol. The second-order valence-electron chi connectivity index (χ2n) is 5.23. The molecule has 0 radical (unpaired) electrons. The first-order chi connectivity index (χ1) is 10.1. The molecule has 2 nitrogen and oxygen atoms in total. The maximum Gasteiger partial charge on any atom is 0.339 e. The zero-order chi connectivity index (χ0) is 15.5. The van der Waals surface area contributed by atoms with Gasteiger partial charge in [-0.25, -0.2) is 4.79 Å². The Bertz CT molecular complexity index is 433. The minimum atomic E-state index is -0.194. The van der Waals surface area contributed by atoms with Gasteiger partial charge < -0.3 is 4.74 Å². The zero-order valence-corrected chi connectivity index (χ0v) is 17.0. The van der Waals surface area contributed by atoms with Crippen LogP contribution in [0.4, 0.5) is 0 Å². The van der Waals surface area contributed by atoms with Crippen LogP contribution in [-0.4, -0.2) is 12.6 Å². The minimum Gasteiger partial charge on any atom is -0.462 e. The van der Waals surface area contributed by atoms with Gasteiger partial charge in [-0.1, -0.05) is 51.9 Å². The fourth-order valence-electron chi connectivity index (χ4n) is 2.13. The third kappa shape index (κ3) is 8.38. The van der Waals surface area contributed by atoms with Crippen molar-refractivity contribution in [3.8, 4) is 0 Å². The summed E-state index contributed by atoms with van der Waals surface area (Å²) in [6.45, 7) is 2.78. The van der Waals surface area contributed by atoms with E-state index in [0.717, 1.165) is 20.0 Å². The lowest BCUT2D eigenvalue weighted by Crippen LogP contribution is -2.08. The maximum atomic E-state index is 12.0. The third-order valence-corrected chi connectivity index (χ3v) is 4.99. The first-order valence-electron chi connectivity index (χ1n) is 7.77. The molecule has 0 amide bonds. The summed E-state index contributed by atoms with van der Waals surface area (Å²) >= 11 is 4.39. The van der Waals surface area contributed by atoms with Crippen molar-refractivity contribution in [1.82, 2.24) is 0 Å². The van der Waals surface area contributed by atoms with Crippen LogP contribution in [-0.2, 0) is 4.74 Å². The highest BCUT2D eigenvalue weighted by Crippen LogP contribution is 2.17. The van der Waals surface area contributed by atoms with Crippen LogP contribution >= 0.6 is 45.2 Å². The Balaban J connectivity index is 2.12. The van der Waals surface area contributed by atoms with Crippen molar-refractivity contribution in [3.63, 3.8) is 0 Å². The molecule has 21 heavy (non-hydrogen) atoms. The molecule has 0 spiro atoms. The van der Waals surface area contributed by atoms with Gasteiger partial charge in [-0.15, -0.1) is 0 Å². The lowest BCUT2D eigenvalue weighted by atomic mass is 10.1. The summed E-state index contributed by atoms with van der Waals surface area (Å²) in [5, 5.41) is 0. The summed E-state index contributed by atoms with van der Waals surface area (Å²) in [5.74, 6) is -0.194. The number of hydrogen-bond donors (Lipinski definition) is 0. The quantitative estimate of drug-likeness (QED) is 0.212. The van der Waals surface area contributed by atoms with Gasteiger partial charge in [0, 0.05) is 7.14 Å². The van der Waals surface area contributed by atoms with Crippen LogP contribution < -0.4 is 0 Å². The van der Waals surface area contributed by atoms with E-state index in [1.165, 1.54) is 38.5 Å². The van der Waals surface area contributed by atoms with Crippen molar-refractivity contribution in [2.45, 2.75) is 58.3 Å². The molecule has 118 valence electrons. The average Bonchev–Trinajstić information content (AvgIpc) is 2.48. The number of rotatable bonds is 10. The molecular formula is C17H24I2O2. The summed E-state index contributed by atoms with van der Waals surface area (Å²) in [6, 6.07) is 5.84. The fraction of sp³-hybridized carbons (Fsp3) is 0.588. The highest BCUT2D eigenvalue weighted by atomic mass is 127. The van der Waals surface area contributed by atoms with E-state index in [-0.39, 0.29) is 5.97 Å². The van der Waals surface area contributed by atoms with Gasteiger partial charge in [0.1, 0.15) is 0 Å². The van der Waals surface area contributed by atoms with E-state index in [0.29, 0.717) is 12.2 Å². The Hall–Kier alpha value is 0.150. The van der Waals surface area contributed by atoms with Crippen molar-refractivity contribution in [3.05, 3.63) is 30.9 Å². The highest BCUT2D eigenvalue weighted by molar-refractivity contribution is 14.1. The first kappa shape index (κ1) is 19.2. The van der Waals surface area contributed by atoms with Gasteiger partial charge >= 0.3 is 5.97 Å². The molecule has 1 rings (SSSR count). The van der Waals surface area contributed by atoms with E-state index in [1.807, 2.05) is 18.2 Å². The standard InChI is InChI=1S/C17H24I2O2/c1-2-3-4-5-6-7-8-9-12-21-17(20)15-13-14(18)10-11-16(15)19/h10-11,13H,2-9,12H2,1H3. The van der Waals surface area contributed by atoms with E-state index >= 15 is 0 Å². The summed E-state index contributed by atoms with van der Waals surface area (Å²) < 4.78 is 7.38. The topological polar surface area (TPSA) is 26.3 Å². The normalized spacial score (nSPS) is 10.6. The van der Waals surface area contributed by atoms with Gasteiger partial charge in [0.2, 0.25) is 0 Å². The zero-order valence-electron chi connectivity index (χ0n) is 12.7. The van der Waals surface area contributed by atoms with E-state index in [1.54, 1.807) is 0 Å². The molecule has 0 fully saturated rings. The largest absolute Gasteiger partial charge is 0.462 e. The molecule has 0 heterocycles. The molecule has 0 aromatic heterocycles. The average molecular weight is 514 g/mol.